The molecular formula is C7H12O. The van der Waals surface area contributed by atoms with Crippen LogP contribution in [0.15, 0.2) is 24.8 Å². The second-order valence-electron chi connectivity index (χ2n) is 1.70. The Kier molecular flexibility index (Phi) is 3.20. The molecule has 0 aromatic heterocycles. The van der Waals surface area contributed by atoms with E-state index in [-0.39, 0.29) is 0 Å². The molecule has 0 rings (SSSR count). The van der Waals surface area contributed by atoms with Crippen LogP contribution in [0.1, 0.15) is 13.3 Å². The molecule has 46 valence electrons. The van der Waals surface area contributed by atoms with Crippen molar-refractivity contribution in [3.05, 3.63) is 24.8 Å². The monoisotopic (exact) mass is 112 g/mol. The lowest BCUT2D eigenvalue weighted by atomic mass is 10.1. The van der Waals surface area contributed by atoms with Gasteiger partial charge in [-0.15, -0.1) is 0 Å². The summed E-state index contributed by atoms with van der Waals surface area (Å²) >= 11 is 0. The Morgan fingerprint density at radius 3 is 2.50 bits per heavy atom. The highest BCUT2D eigenvalue weighted by Crippen LogP contribution is 2.02. The van der Waals surface area contributed by atoms with Crippen LogP contribution in [0.4, 0.5) is 0 Å². The van der Waals surface area contributed by atoms with Crippen LogP contribution in [0.5, 0.6) is 0 Å². The van der Waals surface area contributed by atoms with Crippen molar-refractivity contribution in [2.45, 2.75) is 19.4 Å². The van der Waals surface area contributed by atoms with Crippen LogP contribution < -0.4 is 0 Å². The molecule has 0 saturated carbocycles. The van der Waals surface area contributed by atoms with Gasteiger partial charge < -0.3 is 5.11 Å². The van der Waals surface area contributed by atoms with Crippen molar-refractivity contribution >= 4 is 0 Å². The van der Waals surface area contributed by atoms with E-state index < -0.39 is 6.10 Å². The van der Waals surface area contributed by atoms with E-state index in [9.17, 15) is 0 Å². The van der Waals surface area contributed by atoms with Crippen LogP contribution in [0.3, 0.4) is 0 Å². The molecule has 1 nitrogen and oxygen atoms in total. The SMILES string of the molecule is C=CC(=C)[C@H](O)CC. The normalized spacial score (nSPS) is 12.8. The summed E-state index contributed by atoms with van der Waals surface area (Å²) in [6.07, 6.45) is 1.89. The summed E-state index contributed by atoms with van der Waals surface area (Å²) in [7, 11) is 0. The minimum atomic E-state index is -0.396. The van der Waals surface area contributed by atoms with Gasteiger partial charge in [0.1, 0.15) is 0 Å². The fourth-order valence-corrected chi connectivity index (χ4v) is 0.398. The van der Waals surface area contributed by atoms with Gasteiger partial charge in [0.25, 0.3) is 0 Å². The van der Waals surface area contributed by atoms with Crippen LogP contribution >= 0.6 is 0 Å². The molecule has 0 spiro atoms. The van der Waals surface area contributed by atoms with Gasteiger partial charge in [0, 0.05) is 0 Å². The quantitative estimate of drug-likeness (QED) is 0.548. The lowest BCUT2D eigenvalue weighted by Gasteiger charge is -2.04. The van der Waals surface area contributed by atoms with Crippen molar-refractivity contribution in [2.75, 3.05) is 0 Å². The summed E-state index contributed by atoms with van der Waals surface area (Å²) in [4.78, 5) is 0. The van der Waals surface area contributed by atoms with Gasteiger partial charge in [-0.3, -0.25) is 0 Å². The minimum absolute atomic E-state index is 0.396. The number of hydrogen-bond acceptors (Lipinski definition) is 1. The van der Waals surface area contributed by atoms with Gasteiger partial charge in [0.2, 0.25) is 0 Å². The van der Waals surface area contributed by atoms with Crippen molar-refractivity contribution in [2.24, 2.45) is 0 Å². The van der Waals surface area contributed by atoms with Crippen molar-refractivity contribution in [1.29, 1.82) is 0 Å². The Balaban J connectivity index is 3.62. The molecule has 0 fully saturated rings. The average molecular weight is 112 g/mol. The molecule has 0 aliphatic carbocycles. The van der Waals surface area contributed by atoms with Crippen LogP contribution in [-0.2, 0) is 0 Å². The molecule has 0 saturated heterocycles. The zero-order valence-corrected chi connectivity index (χ0v) is 5.22. The highest BCUT2D eigenvalue weighted by Gasteiger charge is 1.99. The summed E-state index contributed by atoms with van der Waals surface area (Å²) in [6, 6.07) is 0. The Morgan fingerprint density at radius 1 is 1.88 bits per heavy atom. The third-order valence-corrected chi connectivity index (χ3v) is 1.08. The topological polar surface area (TPSA) is 20.2 Å². The van der Waals surface area contributed by atoms with Crippen molar-refractivity contribution in [1.82, 2.24) is 0 Å². The molecule has 0 aliphatic rings. The molecule has 8 heavy (non-hydrogen) atoms. The molecule has 0 radical (unpaired) electrons. The third kappa shape index (κ3) is 1.94. The highest BCUT2D eigenvalue weighted by atomic mass is 16.3. The summed E-state index contributed by atoms with van der Waals surface area (Å²) < 4.78 is 0. The van der Waals surface area contributed by atoms with Crippen LogP contribution in [0, 0.1) is 0 Å². The highest BCUT2D eigenvalue weighted by molar-refractivity contribution is 5.15. The lowest BCUT2D eigenvalue weighted by molar-refractivity contribution is 0.211. The average Bonchev–Trinajstić information content (AvgIpc) is 1.84. The van der Waals surface area contributed by atoms with E-state index in [1.54, 1.807) is 6.08 Å². The van der Waals surface area contributed by atoms with Crippen LogP contribution in [-0.4, -0.2) is 11.2 Å². The molecule has 0 heterocycles. The van der Waals surface area contributed by atoms with Gasteiger partial charge in [0.15, 0.2) is 0 Å². The van der Waals surface area contributed by atoms with E-state index in [0.717, 1.165) is 0 Å². The molecule has 0 amide bonds. The predicted molar refractivity (Wildman–Crippen MR) is 35.6 cm³/mol. The van der Waals surface area contributed by atoms with E-state index in [1.165, 1.54) is 0 Å². The molecular weight excluding hydrogens is 100 g/mol. The van der Waals surface area contributed by atoms with E-state index in [1.807, 2.05) is 6.92 Å². The summed E-state index contributed by atoms with van der Waals surface area (Å²) in [5.41, 5.74) is 0.701. The molecule has 0 unspecified atom stereocenters. The second kappa shape index (κ2) is 3.44. The van der Waals surface area contributed by atoms with Crippen LogP contribution in [0.2, 0.25) is 0 Å². The van der Waals surface area contributed by atoms with Gasteiger partial charge >= 0.3 is 0 Å². The summed E-state index contributed by atoms with van der Waals surface area (Å²) in [5, 5.41) is 8.96. The molecule has 1 N–H and O–H groups in total. The van der Waals surface area contributed by atoms with Crippen molar-refractivity contribution in [3.8, 4) is 0 Å². The number of aliphatic hydroxyl groups is 1. The van der Waals surface area contributed by atoms with Crippen molar-refractivity contribution < 1.29 is 5.11 Å². The largest absolute Gasteiger partial charge is 0.388 e. The number of hydrogen-bond donors (Lipinski definition) is 1. The van der Waals surface area contributed by atoms with Gasteiger partial charge in [-0.1, -0.05) is 26.2 Å². The van der Waals surface area contributed by atoms with Gasteiger partial charge in [-0.05, 0) is 12.0 Å². The second-order valence-corrected chi connectivity index (χ2v) is 1.70. The van der Waals surface area contributed by atoms with E-state index in [0.29, 0.717) is 12.0 Å². The zero-order valence-electron chi connectivity index (χ0n) is 5.22. The lowest BCUT2D eigenvalue weighted by Crippen LogP contribution is -2.04. The molecule has 0 bridgehead atoms. The molecule has 0 aliphatic heterocycles. The first-order valence-electron chi connectivity index (χ1n) is 2.71. The fourth-order valence-electron chi connectivity index (χ4n) is 0.398. The van der Waals surface area contributed by atoms with E-state index >= 15 is 0 Å². The first-order chi connectivity index (χ1) is 3.72. The maximum absolute atomic E-state index is 8.96. The van der Waals surface area contributed by atoms with E-state index in [4.69, 9.17) is 5.11 Å². The first-order valence-corrected chi connectivity index (χ1v) is 2.71. The Morgan fingerprint density at radius 2 is 2.38 bits per heavy atom. The third-order valence-electron chi connectivity index (χ3n) is 1.08. The number of rotatable bonds is 3. The Bertz CT molecular complexity index is 94.6. The fraction of sp³-hybridized carbons (Fsp3) is 0.429. The molecule has 0 aromatic rings. The summed E-state index contributed by atoms with van der Waals surface area (Å²) in [5.74, 6) is 0. The van der Waals surface area contributed by atoms with Gasteiger partial charge in [-0.2, -0.15) is 0 Å². The maximum atomic E-state index is 8.96. The first kappa shape index (κ1) is 7.44. The van der Waals surface area contributed by atoms with Crippen LogP contribution in [0.25, 0.3) is 0 Å². The number of aliphatic hydroxyl groups excluding tert-OH is 1. The predicted octanol–water partition coefficient (Wildman–Crippen LogP) is 1.50. The molecule has 1 heteroatoms. The van der Waals surface area contributed by atoms with E-state index in [2.05, 4.69) is 13.2 Å². The summed E-state index contributed by atoms with van der Waals surface area (Å²) in [6.45, 7) is 8.95. The van der Waals surface area contributed by atoms with Gasteiger partial charge in [0.05, 0.1) is 6.10 Å². The smallest absolute Gasteiger partial charge is 0.0781 e. The Labute approximate surface area is 50.3 Å². The molecule has 0 aromatic carbocycles. The Hall–Kier alpha value is -0.560. The zero-order chi connectivity index (χ0) is 6.57. The maximum Gasteiger partial charge on any atom is 0.0781 e. The standard InChI is InChI=1S/C7H12O/c1-4-6(3)7(8)5-2/h4,7-8H,1,3,5H2,2H3/t7-/m1/s1. The molecule has 1 atom stereocenters. The minimum Gasteiger partial charge on any atom is -0.388 e. The van der Waals surface area contributed by atoms with Gasteiger partial charge in [-0.25, -0.2) is 0 Å². The van der Waals surface area contributed by atoms with Crippen molar-refractivity contribution in [3.63, 3.8) is 0 Å².